The van der Waals surface area contributed by atoms with Crippen LogP contribution in [0.3, 0.4) is 0 Å². The van der Waals surface area contributed by atoms with Crippen molar-refractivity contribution in [3.63, 3.8) is 0 Å². The molecule has 34 heavy (non-hydrogen) atoms. The molecule has 0 aliphatic carbocycles. The van der Waals surface area contributed by atoms with E-state index in [0.29, 0.717) is 33.0 Å². The van der Waals surface area contributed by atoms with Crippen LogP contribution in [0.25, 0.3) is 21.8 Å². The first-order chi connectivity index (χ1) is 16.5. The van der Waals surface area contributed by atoms with Crippen molar-refractivity contribution in [2.75, 3.05) is 5.32 Å². The maximum atomic E-state index is 13.0. The largest absolute Gasteiger partial charge is 0.457 e. The zero-order valence-corrected chi connectivity index (χ0v) is 19.2. The van der Waals surface area contributed by atoms with Gasteiger partial charge in [-0.15, -0.1) is 0 Å². The van der Waals surface area contributed by atoms with E-state index in [1.165, 1.54) is 0 Å². The van der Waals surface area contributed by atoms with Crippen molar-refractivity contribution in [1.29, 1.82) is 0 Å². The van der Waals surface area contributed by atoms with Gasteiger partial charge in [0.25, 0.3) is 0 Å². The Morgan fingerprint density at radius 1 is 0.853 bits per heavy atom. The number of nitrogens with zero attached hydrogens (tertiary/aromatic N) is 1. The van der Waals surface area contributed by atoms with Crippen molar-refractivity contribution in [2.45, 2.75) is 13.5 Å². The number of halogens is 1. The molecule has 1 amide bonds. The predicted molar refractivity (Wildman–Crippen MR) is 137 cm³/mol. The van der Waals surface area contributed by atoms with Gasteiger partial charge in [-0.1, -0.05) is 35.4 Å². The summed E-state index contributed by atoms with van der Waals surface area (Å²) in [4.78, 5) is 26.0. The molecule has 0 fully saturated rings. The number of amides is 1. The molecule has 1 aromatic heterocycles. The molecule has 0 unspecified atom stereocenters. The number of benzene rings is 4. The summed E-state index contributed by atoms with van der Waals surface area (Å²) in [5, 5.41) is 4.78. The van der Waals surface area contributed by atoms with Crippen LogP contribution >= 0.6 is 11.6 Å². The van der Waals surface area contributed by atoms with Gasteiger partial charge >= 0.3 is 0 Å². The third kappa shape index (κ3) is 4.38. The second-order valence-corrected chi connectivity index (χ2v) is 8.52. The van der Waals surface area contributed by atoms with Gasteiger partial charge in [-0.05, 0) is 79.7 Å². The summed E-state index contributed by atoms with van der Waals surface area (Å²) in [6, 6.07) is 27.3. The van der Waals surface area contributed by atoms with Gasteiger partial charge in [-0.25, -0.2) is 0 Å². The molecule has 0 radical (unpaired) electrons. The number of hydrogen-bond acceptors (Lipinski definition) is 3. The number of nitrogens with one attached hydrogen (secondary N) is 1. The van der Waals surface area contributed by atoms with E-state index in [0.717, 1.165) is 16.6 Å². The number of ether oxygens (including phenoxy) is 1. The highest BCUT2D eigenvalue weighted by Gasteiger charge is 2.13. The Kier molecular flexibility index (Phi) is 5.78. The molecule has 1 heterocycles. The van der Waals surface area contributed by atoms with E-state index in [-0.39, 0.29) is 17.9 Å². The quantitative estimate of drug-likeness (QED) is 0.297. The summed E-state index contributed by atoms with van der Waals surface area (Å²) in [5.74, 6) is 1.13. The second kappa shape index (κ2) is 9.04. The molecule has 168 valence electrons. The number of anilines is 1. The zero-order chi connectivity index (χ0) is 23.7. The Hall–Kier alpha value is -4.09. The molecule has 0 aliphatic rings. The predicted octanol–water partition coefficient (Wildman–Crippen LogP) is 6.55. The molecule has 5 rings (SSSR count). The monoisotopic (exact) mass is 468 g/mol. The normalized spacial score (nSPS) is 11.0. The maximum Gasteiger partial charge on any atom is 0.244 e. The molecule has 0 saturated carbocycles. The van der Waals surface area contributed by atoms with Gasteiger partial charge in [0, 0.05) is 21.5 Å². The lowest BCUT2D eigenvalue weighted by molar-refractivity contribution is -0.116. The van der Waals surface area contributed by atoms with Crippen LogP contribution in [-0.2, 0) is 11.3 Å². The van der Waals surface area contributed by atoms with E-state index in [9.17, 15) is 9.59 Å². The van der Waals surface area contributed by atoms with Crippen molar-refractivity contribution >= 4 is 45.0 Å². The molecule has 0 bridgehead atoms. The number of pyridine rings is 1. The van der Waals surface area contributed by atoms with Crippen molar-refractivity contribution in [3.8, 4) is 11.5 Å². The smallest absolute Gasteiger partial charge is 0.244 e. The molecule has 1 N–H and O–H groups in total. The molecule has 0 spiro atoms. The van der Waals surface area contributed by atoms with Crippen molar-refractivity contribution in [1.82, 2.24) is 4.57 Å². The minimum Gasteiger partial charge on any atom is -0.457 e. The summed E-state index contributed by atoms with van der Waals surface area (Å²) in [5.41, 5.74) is 3.08. The fraction of sp³-hybridized carbons (Fsp3) is 0.0714. The van der Waals surface area contributed by atoms with Crippen LogP contribution in [0.5, 0.6) is 11.5 Å². The third-order valence-electron chi connectivity index (χ3n) is 5.62. The van der Waals surface area contributed by atoms with Crippen LogP contribution < -0.4 is 15.5 Å². The first-order valence-corrected chi connectivity index (χ1v) is 11.2. The molecule has 0 aliphatic heterocycles. The van der Waals surface area contributed by atoms with Crippen LogP contribution in [0.15, 0.2) is 95.8 Å². The van der Waals surface area contributed by atoms with Gasteiger partial charge in [0.05, 0.1) is 11.0 Å². The fourth-order valence-corrected chi connectivity index (χ4v) is 4.13. The van der Waals surface area contributed by atoms with Crippen LogP contribution in [0.4, 0.5) is 5.69 Å². The lowest BCUT2D eigenvalue weighted by Crippen LogP contribution is -2.21. The Morgan fingerprint density at radius 2 is 1.50 bits per heavy atom. The van der Waals surface area contributed by atoms with E-state index in [1.54, 1.807) is 54.6 Å². The third-order valence-corrected chi connectivity index (χ3v) is 5.87. The molecule has 6 heteroatoms. The molecular formula is C28H21ClN2O3. The van der Waals surface area contributed by atoms with E-state index >= 15 is 0 Å². The van der Waals surface area contributed by atoms with Crippen molar-refractivity contribution in [2.24, 2.45) is 0 Å². The van der Waals surface area contributed by atoms with Gasteiger partial charge in [-0.2, -0.15) is 0 Å². The highest BCUT2D eigenvalue weighted by atomic mass is 35.5. The first-order valence-electron chi connectivity index (χ1n) is 10.8. The average Bonchev–Trinajstić information content (AvgIpc) is 2.84. The summed E-state index contributed by atoms with van der Waals surface area (Å²) < 4.78 is 7.69. The van der Waals surface area contributed by atoms with Crippen molar-refractivity contribution in [3.05, 3.63) is 112 Å². The van der Waals surface area contributed by atoms with Gasteiger partial charge in [0.2, 0.25) is 5.91 Å². The minimum absolute atomic E-state index is 0.0257. The summed E-state index contributed by atoms with van der Waals surface area (Å²) in [7, 11) is 0. The maximum absolute atomic E-state index is 13.0. The lowest BCUT2D eigenvalue weighted by atomic mass is 10.1. The number of carbonyl (C=O) groups is 1. The summed E-state index contributed by atoms with van der Waals surface area (Å²) in [6.07, 6.45) is 0. The number of aryl methyl sites for hydroxylation is 1. The highest BCUT2D eigenvalue weighted by molar-refractivity contribution is 6.30. The highest BCUT2D eigenvalue weighted by Crippen LogP contribution is 2.25. The average molecular weight is 469 g/mol. The number of para-hydroxylation sites is 1. The number of carbonyl (C=O) groups excluding carboxylic acids is 1. The summed E-state index contributed by atoms with van der Waals surface area (Å²) >= 11 is 5.91. The molecule has 4 aromatic carbocycles. The number of fused-ring (bicyclic) bond motifs is 2. The SMILES string of the molecule is Cc1ccc2c(c1)c(=O)c1ccccc1n2CC(=O)Nc1ccc(Oc2ccc(Cl)cc2)cc1. The van der Waals surface area contributed by atoms with E-state index in [2.05, 4.69) is 5.32 Å². The molecular weight excluding hydrogens is 448 g/mol. The number of aromatic nitrogens is 1. The van der Waals surface area contributed by atoms with E-state index in [4.69, 9.17) is 16.3 Å². The van der Waals surface area contributed by atoms with Gasteiger partial charge in [0.15, 0.2) is 5.43 Å². The molecule has 5 aromatic rings. The fourth-order valence-electron chi connectivity index (χ4n) is 4.00. The van der Waals surface area contributed by atoms with Gasteiger partial charge in [-0.3, -0.25) is 9.59 Å². The van der Waals surface area contributed by atoms with Crippen LogP contribution in [-0.4, -0.2) is 10.5 Å². The van der Waals surface area contributed by atoms with E-state index in [1.807, 2.05) is 47.9 Å². The standard InChI is InChI=1S/C28H21ClN2O3/c1-18-6-15-26-24(16-18)28(33)23-4-2-3-5-25(23)31(26)17-27(32)30-20-9-13-22(14-10-20)34-21-11-7-19(29)8-12-21/h2-16H,17H2,1H3,(H,30,32). The van der Waals surface area contributed by atoms with Crippen LogP contribution in [0, 0.1) is 6.92 Å². The second-order valence-electron chi connectivity index (χ2n) is 8.08. The minimum atomic E-state index is -0.193. The Bertz CT molecular complexity index is 1570. The lowest BCUT2D eigenvalue weighted by Gasteiger charge is -2.15. The molecule has 0 saturated heterocycles. The van der Waals surface area contributed by atoms with Gasteiger partial charge in [0.1, 0.15) is 18.0 Å². The topological polar surface area (TPSA) is 60.3 Å². The molecule has 0 atom stereocenters. The van der Waals surface area contributed by atoms with Gasteiger partial charge < -0.3 is 14.6 Å². The zero-order valence-electron chi connectivity index (χ0n) is 18.4. The van der Waals surface area contributed by atoms with Crippen LogP contribution in [0.2, 0.25) is 5.02 Å². The first kappa shape index (κ1) is 21.7. The number of rotatable bonds is 5. The molecule has 5 nitrogen and oxygen atoms in total. The number of hydrogen-bond donors (Lipinski definition) is 1. The Balaban J connectivity index is 1.39. The van der Waals surface area contributed by atoms with Crippen molar-refractivity contribution < 1.29 is 9.53 Å². The van der Waals surface area contributed by atoms with Crippen LogP contribution in [0.1, 0.15) is 5.56 Å². The summed E-state index contributed by atoms with van der Waals surface area (Å²) in [6.45, 7) is 2.02. The Labute approximate surface area is 201 Å². The van der Waals surface area contributed by atoms with E-state index < -0.39 is 0 Å². The Morgan fingerprint density at radius 3 is 2.24 bits per heavy atom.